The van der Waals surface area contributed by atoms with Crippen LogP contribution in [0.4, 0.5) is 0 Å². The summed E-state index contributed by atoms with van der Waals surface area (Å²) in [6, 6.07) is 10.7. The number of nitrogens with zero attached hydrogens (tertiary/aromatic N) is 2. The molecule has 3 heterocycles. The molecule has 1 aromatic carbocycles. The molecule has 29 heavy (non-hydrogen) atoms. The van der Waals surface area contributed by atoms with Gasteiger partial charge in [-0.3, -0.25) is 9.97 Å². The van der Waals surface area contributed by atoms with Crippen molar-refractivity contribution >= 4 is 35.2 Å². The predicted octanol–water partition coefficient (Wildman–Crippen LogP) is 6.40. The van der Waals surface area contributed by atoms with Gasteiger partial charge in [0, 0.05) is 40.0 Å². The van der Waals surface area contributed by atoms with E-state index in [9.17, 15) is 0 Å². The molecule has 0 aliphatic carbocycles. The summed E-state index contributed by atoms with van der Waals surface area (Å²) in [7, 11) is -1.44. The van der Waals surface area contributed by atoms with Gasteiger partial charge in [0.1, 0.15) is 11.2 Å². The van der Waals surface area contributed by atoms with E-state index in [1.807, 2.05) is 13.0 Å². The van der Waals surface area contributed by atoms with E-state index in [-0.39, 0.29) is 0 Å². The van der Waals surface area contributed by atoms with Gasteiger partial charge in [0.15, 0.2) is 0 Å². The second-order valence-corrected chi connectivity index (χ2v) is 14.6. The minimum atomic E-state index is -1.44. The number of pyridine rings is 2. The molecule has 0 unspecified atom stereocenters. The first kappa shape index (κ1) is 19.8. The first-order valence-electron chi connectivity index (χ1n) is 10.4. The van der Waals surface area contributed by atoms with Gasteiger partial charge < -0.3 is 4.42 Å². The van der Waals surface area contributed by atoms with Gasteiger partial charge in [0.2, 0.25) is 0 Å². The lowest BCUT2D eigenvalue weighted by molar-refractivity contribution is 0.649. The number of hydrogen-bond acceptors (Lipinski definition) is 3. The van der Waals surface area contributed by atoms with E-state index in [1.165, 1.54) is 10.8 Å². The van der Waals surface area contributed by atoms with Gasteiger partial charge in [0.05, 0.1) is 13.8 Å². The second-order valence-electron chi connectivity index (χ2n) is 9.61. The first-order valence-corrected chi connectivity index (χ1v) is 13.9. The molecule has 0 spiro atoms. The Labute approximate surface area is 174 Å². The third-order valence-electron chi connectivity index (χ3n) is 5.48. The molecule has 0 amide bonds. The molecule has 0 aliphatic heterocycles. The van der Waals surface area contributed by atoms with E-state index >= 15 is 0 Å². The number of fused-ring (bicyclic) bond motifs is 3. The minimum absolute atomic E-state index is 0.623. The summed E-state index contributed by atoms with van der Waals surface area (Å²) < 4.78 is 6.09. The van der Waals surface area contributed by atoms with Gasteiger partial charge in [0.25, 0.3) is 0 Å². The molecule has 0 radical (unpaired) electrons. The number of hydrogen-bond donors (Lipinski definition) is 0. The highest BCUT2D eigenvalue weighted by Gasteiger charge is 2.22. The average molecular weight is 403 g/mol. The fourth-order valence-corrected chi connectivity index (χ4v) is 5.82. The summed E-state index contributed by atoms with van der Waals surface area (Å²) in [5.41, 5.74) is 7.43. The summed E-state index contributed by atoms with van der Waals surface area (Å²) in [6.45, 7) is 15.8. The van der Waals surface area contributed by atoms with Crippen molar-refractivity contribution in [3.05, 3.63) is 53.5 Å². The molecule has 0 fully saturated rings. The van der Waals surface area contributed by atoms with Crippen molar-refractivity contribution in [2.75, 3.05) is 0 Å². The SMILES string of the molecule is Cc1cc2oc3ccc(-c4cc(CC(C)C)c([Si](C)(C)C)cn4)cc3c2c(C)n1. The predicted molar refractivity (Wildman–Crippen MR) is 126 cm³/mol. The molecular weight excluding hydrogens is 372 g/mol. The topological polar surface area (TPSA) is 38.9 Å². The van der Waals surface area contributed by atoms with E-state index in [1.54, 1.807) is 0 Å². The normalized spacial score (nSPS) is 12.4. The van der Waals surface area contributed by atoms with Crippen molar-refractivity contribution in [1.29, 1.82) is 0 Å². The maximum absolute atomic E-state index is 6.09. The minimum Gasteiger partial charge on any atom is -0.456 e. The molecule has 3 aromatic heterocycles. The largest absolute Gasteiger partial charge is 0.456 e. The van der Waals surface area contributed by atoms with Crippen LogP contribution in [0, 0.1) is 19.8 Å². The van der Waals surface area contributed by atoms with Crippen LogP contribution < -0.4 is 5.19 Å². The molecule has 0 atom stereocenters. The standard InChI is InChI=1S/C25H30N2OSi/c1-15(2)10-19-13-21(26-14-24(19)29(5,6)7)18-8-9-22-20(12-18)25-17(4)27-16(3)11-23(25)28-22/h8-9,11-15H,10H2,1-7H3. The van der Waals surface area contributed by atoms with Crippen LogP contribution in [0.5, 0.6) is 0 Å². The molecule has 4 rings (SSSR count). The zero-order valence-corrected chi connectivity index (χ0v) is 19.6. The summed E-state index contributed by atoms with van der Waals surface area (Å²) in [5, 5.41) is 3.69. The summed E-state index contributed by atoms with van der Waals surface area (Å²) in [5.74, 6) is 0.623. The van der Waals surface area contributed by atoms with Crippen LogP contribution >= 0.6 is 0 Å². The molecule has 4 aromatic rings. The summed E-state index contributed by atoms with van der Waals surface area (Å²) in [6.07, 6.45) is 3.22. The number of rotatable bonds is 4. The van der Waals surface area contributed by atoms with Crippen LogP contribution in [-0.2, 0) is 6.42 Å². The molecule has 3 nitrogen and oxygen atoms in total. The number of benzene rings is 1. The van der Waals surface area contributed by atoms with E-state index in [0.717, 1.165) is 51.0 Å². The number of aryl methyl sites for hydroxylation is 2. The highest BCUT2D eigenvalue weighted by atomic mass is 28.3. The molecule has 0 saturated carbocycles. The van der Waals surface area contributed by atoms with Crippen LogP contribution in [0.2, 0.25) is 19.6 Å². The monoisotopic (exact) mass is 402 g/mol. The zero-order chi connectivity index (χ0) is 20.9. The highest BCUT2D eigenvalue weighted by Crippen LogP contribution is 2.33. The quantitative estimate of drug-likeness (QED) is 0.371. The summed E-state index contributed by atoms with van der Waals surface area (Å²) >= 11 is 0. The van der Waals surface area contributed by atoms with Crippen LogP contribution in [0.3, 0.4) is 0 Å². The van der Waals surface area contributed by atoms with Crippen LogP contribution in [0.15, 0.2) is 40.9 Å². The molecule has 4 heteroatoms. The van der Waals surface area contributed by atoms with Gasteiger partial charge in [-0.1, -0.05) is 33.5 Å². The van der Waals surface area contributed by atoms with Crippen LogP contribution in [-0.4, -0.2) is 18.0 Å². The second kappa shape index (κ2) is 7.10. The van der Waals surface area contributed by atoms with Crippen molar-refractivity contribution in [1.82, 2.24) is 9.97 Å². The van der Waals surface area contributed by atoms with Gasteiger partial charge in [-0.05, 0) is 61.2 Å². The smallest absolute Gasteiger partial charge is 0.139 e. The summed E-state index contributed by atoms with van der Waals surface area (Å²) in [4.78, 5) is 9.52. The lowest BCUT2D eigenvalue weighted by Crippen LogP contribution is -2.40. The lowest BCUT2D eigenvalue weighted by atomic mass is 10.0. The van der Waals surface area contributed by atoms with Crippen molar-refractivity contribution in [3.8, 4) is 11.3 Å². The van der Waals surface area contributed by atoms with Crippen molar-refractivity contribution in [3.63, 3.8) is 0 Å². The van der Waals surface area contributed by atoms with Gasteiger partial charge in [-0.15, -0.1) is 0 Å². The molecule has 0 bridgehead atoms. The van der Waals surface area contributed by atoms with E-state index in [0.29, 0.717) is 5.92 Å². The Morgan fingerprint density at radius 3 is 2.45 bits per heavy atom. The molecular formula is C25H30N2OSi. The Morgan fingerprint density at radius 1 is 1.00 bits per heavy atom. The van der Waals surface area contributed by atoms with Gasteiger partial charge in [-0.2, -0.15) is 0 Å². The molecule has 0 saturated heterocycles. The maximum Gasteiger partial charge on any atom is 0.139 e. The highest BCUT2D eigenvalue weighted by molar-refractivity contribution is 6.89. The van der Waals surface area contributed by atoms with Crippen molar-refractivity contribution < 1.29 is 4.42 Å². The number of furan rings is 1. The molecule has 150 valence electrons. The zero-order valence-electron chi connectivity index (χ0n) is 18.6. The Bertz CT molecular complexity index is 1220. The number of aromatic nitrogens is 2. The first-order chi connectivity index (χ1) is 13.6. The van der Waals surface area contributed by atoms with E-state index < -0.39 is 8.07 Å². The van der Waals surface area contributed by atoms with Crippen LogP contribution in [0.25, 0.3) is 33.2 Å². The average Bonchev–Trinajstić information content (AvgIpc) is 2.97. The van der Waals surface area contributed by atoms with E-state index in [2.05, 4.69) is 75.9 Å². The Hall–Kier alpha value is -2.46. The van der Waals surface area contributed by atoms with Crippen molar-refractivity contribution in [2.45, 2.75) is 53.8 Å². The Balaban J connectivity index is 1.89. The third-order valence-corrected chi connectivity index (χ3v) is 7.55. The Morgan fingerprint density at radius 2 is 1.76 bits per heavy atom. The lowest BCUT2D eigenvalue weighted by Gasteiger charge is -2.22. The van der Waals surface area contributed by atoms with Gasteiger partial charge in [-0.25, -0.2) is 0 Å². The van der Waals surface area contributed by atoms with Crippen LogP contribution in [0.1, 0.15) is 30.8 Å². The third kappa shape index (κ3) is 3.74. The van der Waals surface area contributed by atoms with Gasteiger partial charge >= 0.3 is 0 Å². The maximum atomic E-state index is 6.09. The molecule has 0 aliphatic rings. The fourth-order valence-electron chi connectivity index (χ4n) is 4.23. The molecule has 0 N–H and O–H groups in total. The van der Waals surface area contributed by atoms with Crippen molar-refractivity contribution in [2.24, 2.45) is 5.92 Å². The van der Waals surface area contributed by atoms with E-state index in [4.69, 9.17) is 9.40 Å². The fraction of sp³-hybridized carbons (Fsp3) is 0.360. The Kier molecular flexibility index (Phi) is 4.86.